The molecular weight excluding hydrogens is 384 g/mol. The van der Waals surface area contributed by atoms with Gasteiger partial charge in [-0.15, -0.1) is 11.3 Å². The number of thiophene rings is 1. The van der Waals surface area contributed by atoms with Crippen molar-refractivity contribution in [3.8, 4) is 10.6 Å². The SMILES string of the molecule is CN(C)c1cccc(C(=O)N2CCC[C@@H](n3nc(-c4cccs4)ccc3=O)C2)c1. The van der Waals surface area contributed by atoms with Crippen LogP contribution in [0.5, 0.6) is 0 Å². The molecule has 1 atom stereocenters. The quantitative estimate of drug-likeness (QED) is 0.663. The van der Waals surface area contributed by atoms with Crippen LogP contribution < -0.4 is 10.5 Å². The minimum atomic E-state index is -0.126. The van der Waals surface area contributed by atoms with Crippen LogP contribution in [0.25, 0.3) is 10.6 Å². The summed E-state index contributed by atoms with van der Waals surface area (Å²) in [5.74, 6) is 0.000797. The number of benzene rings is 1. The number of amides is 1. The topological polar surface area (TPSA) is 58.4 Å². The van der Waals surface area contributed by atoms with Gasteiger partial charge in [0, 0.05) is 44.5 Å². The van der Waals surface area contributed by atoms with Crippen LogP contribution in [-0.4, -0.2) is 47.8 Å². The number of carbonyl (C=O) groups is 1. The van der Waals surface area contributed by atoms with Crippen LogP contribution in [0.1, 0.15) is 29.2 Å². The number of hydrogen-bond acceptors (Lipinski definition) is 5. The highest BCUT2D eigenvalue weighted by Gasteiger charge is 2.27. The summed E-state index contributed by atoms with van der Waals surface area (Å²) in [7, 11) is 3.92. The first kappa shape index (κ1) is 19.4. The highest BCUT2D eigenvalue weighted by Crippen LogP contribution is 2.25. The van der Waals surface area contributed by atoms with Gasteiger partial charge in [-0.3, -0.25) is 9.59 Å². The molecule has 0 unspecified atom stereocenters. The number of piperidine rings is 1. The molecule has 7 heteroatoms. The van der Waals surface area contributed by atoms with Crippen molar-refractivity contribution in [2.24, 2.45) is 0 Å². The molecule has 0 saturated carbocycles. The van der Waals surface area contributed by atoms with E-state index in [1.807, 2.05) is 65.7 Å². The first-order chi connectivity index (χ1) is 14.0. The molecule has 0 spiro atoms. The number of aromatic nitrogens is 2. The third-order valence-corrected chi connectivity index (χ3v) is 6.13. The monoisotopic (exact) mass is 408 g/mol. The third kappa shape index (κ3) is 4.10. The molecule has 3 heterocycles. The van der Waals surface area contributed by atoms with E-state index in [1.54, 1.807) is 28.2 Å². The minimum Gasteiger partial charge on any atom is -0.378 e. The van der Waals surface area contributed by atoms with Gasteiger partial charge in [0.15, 0.2) is 0 Å². The molecule has 6 nitrogen and oxygen atoms in total. The van der Waals surface area contributed by atoms with E-state index < -0.39 is 0 Å². The minimum absolute atomic E-state index is 0.000797. The summed E-state index contributed by atoms with van der Waals surface area (Å²) >= 11 is 1.60. The standard InChI is InChI=1S/C22H24N4O2S/c1-24(2)17-7-3-6-16(14-17)22(28)25-12-4-8-18(15-25)26-21(27)11-10-19(23-26)20-9-5-13-29-20/h3,5-7,9-11,13-14,18H,4,8,12,15H2,1-2H3/t18-/m1/s1. The van der Waals surface area contributed by atoms with Gasteiger partial charge in [0.2, 0.25) is 0 Å². The normalized spacial score (nSPS) is 16.6. The summed E-state index contributed by atoms with van der Waals surface area (Å²) in [4.78, 5) is 30.4. The Morgan fingerprint density at radius 2 is 2.03 bits per heavy atom. The lowest BCUT2D eigenvalue weighted by atomic mass is 10.0. The second-order valence-electron chi connectivity index (χ2n) is 7.47. The largest absolute Gasteiger partial charge is 0.378 e. The molecule has 0 aliphatic carbocycles. The Balaban J connectivity index is 1.57. The lowest BCUT2D eigenvalue weighted by Gasteiger charge is -2.33. The second-order valence-corrected chi connectivity index (χ2v) is 8.42. The van der Waals surface area contributed by atoms with Gasteiger partial charge in [-0.05, 0) is 48.6 Å². The predicted octanol–water partition coefficient (Wildman–Crippen LogP) is 3.52. The zero-order valence-electron chi connectivity index (χ0n) is 16.6. The molecule has 4 rings (SSSR count). The van der Waals surface area contributed by atoms with Gasteiger partial charge in [0.05, 0.1) is 10.9 Å². The molecule has 3 aromatic rings. The van der Waals surface area contributed by atoms with Gasteiger partial charge in [-0.25, -0.2) is 4.68 Å². The maximum atomic E-state index is 13.1. The summed E-state index contributed by atoms with van der Waals surface area (Å²) in [6.45, 7) is 1.19. The molecular formula is C22H24N4O2S. The van der Waals surface area contributed by atoms with E-state index in [4.69, 9.17) is 0 Å². The fraction of sp³-hybridized carbons (Fsp3) is 0.318. The van der Waals surface area contributed by atoms with Crippen LogP contribution in [-0.2, 0) is 0 Å². The maximum absolute atomic E-state index is 13.1. The van der Waals surface area contributed by atoms with Crippen molar-refractivity contribution in [3.63, 3.8) is 0 Å². The molecule has 1 aliphatic heterocycles. The average molecular weight is 409 g/mol. The fourth-order valence-electron chi connectivity index (χ4n) is 3.68. The van der Waals surface area contributed by atoms with Crippen LogP contribution in [0.2, 0.25) is 0 Å². The Bertz CT molecular complexity index is 1060. The molecule has 29 heavy (non-hydrogen) atoms. The van der Waals surface area contributed by atoms with E-state index in [1.165, 1.54) is 0 Å². The molecule has 1 aromatic carbocycles. The van der Waals surface area contributed by atoms with E-state index in [-0.39, 0.29) is 17.5 Å². The van der Waals surface area contributed by atoms with Gasteiger partial charge < -0.3 is 9.80 Å². The molecule has 0 radical (unpaired) electrons. The van der Waals surface area contributed by atoms with Crippen molar-refractivity contribution in [1.29, 1.82) is 0 Å². The van der Waals surface area contributed by atoms with Crippen LogP contribution >= 0.6 is 11.3 Å². The van der Waals surface area contributed by atoms with Gasteiger partial charge in [0.25, 0.3) is 11.5 Å². The third-order valence-electron chi connectivity index (χ3n) is 5.24. The molecule has 1 saturated heterocycles. The average Bonchev–Trinajstić information content (AvgIpc) is 3.28. The van der Waals surface area contributed by atoms with Crippen molar-refractivity contribution in [2.45, 2.75) is 18.9 Å². The number of anilines is 1. The van der Waals surface area contributed by atoms with E-state index in [2.05, 4.69) is 5.10 Å². The first-order valence-corrected chi connectivity index (χ1v) is 10.6. The van der Waals surface area contributed by atoms with Crippen molar-refractivity contribution in [3.05, 3.63) is 69.8 Å². The summed E-state index contributed by atoms with van der Waals surface area (Å²) in [6, 6.07) is 14.8. The Morgan fingerprint density at radius 3 is 2.79 bits per heavy atom. The van der Waals surface area contributed by atoms with E-state index in [0.717, 1.165) is 29.1 Å². The van der Waals surface area contributed by atoms with Gasteiger partial charge in [0.1, 0.15) is 5.69 Å². The Labute approximate surface area is 174 Å². The maximum Gasteiger partial charge on any atom is 0.267 e. The Morgan fingerprint density at radius 1 is 1.17 bits per heavy atom. The number of rotatable bonds is 4. The van der Waals surface area contributed by atoms with Crippen LogP contribution in [0, 0.1) is 0 Å². The zero-order valence-corrected chi connectivity index (χ0v) is 17.4. The summed E-state index contributed by atoms with van der Waals surface area (Å²) in [5, 5.41) is 6.61. The first-order valence-electron chi connectivity index (χ1n) is 9.73. The molecule has 0 N–H and O–H groups in total. The molecule has 2 aromatic heterocycles. The van der Waals surface area contributed by atoms with Gasteiger partial charge in [-0.1, -0.05) is 12.1 Å². The highest BCUT2D eigenvalue weighted by molar-refractivity contribution is 7.13. The van der Waals surface area contributed by atoms with E-state index >= 15 is 0 Å². The number of likely N-dealkylation sites (tertiary alicyclic amines) is 1. The summed E-state index contributed by atoms with van der Waals surface area (Å²) in [5.41, 5.74) is 2.33. The number of nitrogens with zero attached hydrogens (tertiary/aromatic N) is 4. The molecule has 1 amide bonds. The lowest BCUT2D eigenvalue weighted by molar-refractivity contribution is 0.0670. The predicted molar refractivity (Wildman–Crippen MR) is 117 cm³/mol. The molecule has 1 fully saturated rings. The second kappa shape index (κ2) is 8.21. The zero-order chi connectivity index (χ0) is 20.4. The van der Waals surface area contributed by atoms with Gasteiger partial charge >= 0.3 is 0 Å². The van der Waals surface area contributed by atoms with Crippen molar-refractivity contribution in [2.75, 3.05) is 32.1 Å². The Hall–Kier alpha value is -2.93. The van der Waals surface area contributed by atoms with E-state index in [9.17, 15) is 9.59 Å². The van der Waals surface area contributed by atoms with Crippen LogP contribution in [0.3, 0.4) is 0 Å². The smallest absolute Gasteiger partial charge is 0.267 e. The summed E-state index contributed by atoms with van der Waals surface area (Å²) < 4.78 is 1.56. The van der Waals surface area contributed by atoms with Crippen LogP contribution in [0.4, 0.5) is 5.69 Å². The number of carbonyl (C=O) groups excluding carboxylic acids is 1. The van der Waals surface area contributed by atoms with E-state index in [0.29, 0.717) is 18.7 Å². The highest BCUT2D eigenvalue weighted by atomic mass is 32.1. The molecule has 1 aliphatic rings. The Kier molecular flexibility index (Phi) is 5.49. The van der Waals surface area contributed by atoms with Gasteiger partial charge in [-0.2, -0.15) is 5.10 Å². The van der Waals surface area contributed by atoms with Crippen molar-refractivity contribution in [1.82, 2.24) is 14.7 Å². The van der Waals surface area contributed by atoms with Crippen molar-refractivity contribution < 1.29 is 4.79 Å². The molecule has 150 valence electrons. The lowest BCUT2D eigenvalue weighted by Crippen LogP contribution is -2.43. The molecule has 0 bridgehead atoms. The fourth-order valence-corrected chi connectivity index (χ4v) is 4.37. The van der Waals surface area contributed by atoms with Crippen LogP contribution in [0.15, 0.2) is 58.7 Å². The van der Waals surface area contributed by atoms with Crippen molar-refractivity contribution >= 4 is 22.9 Å². The summed E-state index contributed by atoms with van der Waals surface area (Å²) in [6.07, 6.45) is 1.68. The number of hydrogen-bond donors (Lipinski definition) is 0.